The number of benzene rings is 1. The fourth-order valence-electron chi connectivity index (χ4n) is 2.69. The highest BCUT2D eigenvalue weighted by atomic mass is 127. The first-order valence-electron chi connectivity index (χ1n) is 7.41. The minimum absolute atomic E-state index is 0.213. The smallest absolute Gasteiger partial charge is 0.0281 e. The van der Waals surface area contributed by atoms with Crippen molar-refractivity contribution in [1.29, 1.82) is 0 Å². The minimum atomic E-state index is 0.213. The van der Waals surface area contributed by atoms with Gasteiger partial charge in [0, 0.05) is 34.8 Å². The van der Waals surface area contributed by atoms with Crippen LogP contribution in [0.1, 0.15) is 40.2 Å². The summed E-state index contributed by atoms with van der Waals surface area (Å²) >= 11 is 2.36. The second kappa shape index (κ2) is 5.93. The molecule has 0 aromatic heterocycles. The fourth-order valence-corrected chi connectivity index (χ4v) is 3.05. The van der Waals surface area contributed by atoms with Crippen LogP contribution in [0, 0.1) is 8.99 Å². The van der Waals surface area contributed by atoms with Gasteiger partial charge in [-0.25, -0.2) is 0 Å². The summed E-state index contributed by atoms with van der Waals surface area (Å²) in [6.07, 6.45) is 0. The van der Waals surface area contributed by atoms with E-state index in [1.807, 2.05) is 0 Å². The third kappa shape index (κ3) is 3.95. The molecular weight excluding hydrogens is 359 g/mol. The molecule has 1 aromatic carbocycles. The van der Waals surface area contributed by atoms with Crippen LogP contribution in [0.15, 0.2) is 24.3 Å². The van der Waals surface area contributed by atoms with Crippen LogP contribution in [0.4, 0.5) is 0 Å². The monoisotopic (exact) mass is 386 g/mol. The quantitative estimate of drug-likeness (QED) is 0.776. The molecular formula is C17H27IN2. The van der Waals surface area contributed by atoms with Crippen LogP contribution in [0.2, 0.25) is 0 Å². The third-order valence-corrected chi connectivity index (χ3v) is 5.09. The second-order valence-electron chi connectivity index (χ2n) is 7.62. The molecule has 0 bridgehead atoms. The summed E-state index contributed by atoms with van der Waals surface area (Å²) < 4.78 is 1.30. The van der Waals surface area contributed by atoms with Gasteiger partial charge in [-0.15, -0.1) is 0 Å². The Morgan fingerprint density at radius 1 is 1.25 bits per heavy atom. The molecule has 0 saturated carbocycles. The largest absolute Gasteiger partial charge is 0.310 e. The van der Waals surface area contributed by atoms with Gasteiger partial charge in [0.1, 0.15) is 0 Å². The van der Waals surface area contributed by atoms with Crippen molar-refractivity contribution in [3.05, 3.63) is 33.4 Å². The molecule has 0 radical (unpaired) electrons. The molecule has 1 fully saturated rings. The van der Waals surface area contributed by atoms with Crippen LogP contribution < -0.4 is 5.32 Å². The lowest BCUT2D eigenvalue weighted by molar-refractivity contribution is 0.0295. The SMILES string of the molecule is CC(C)(C)C1CN(Cc2ccc(I)cc2)C(C)(C)CN1. The highest BCUT2D eigenvalue weighted by Crippen LogP contribution is 2.28. The van der Waals surface area contributed by atoms with E-state index in [4.69, 9.17) is 0 Å². The maximum Gasteiger partial charge on any atom is 0.0281 e. The van der Waals surface area contributed by atoms with Gasteiger partial charge in [-0.3, -0.25) is 4.90 Å². The lowest BCUT2D eigenvalue weighted by atomic mass is 9.82. The molecule has 1 N–H and O–H groups in total. The molecule has 112 valence electrons. The lowest BCUT2D eigenvalue weighted by Crippen LogP contribution is -2.64. The van der Waals surface area contributed by atoms with Crippen molar-refractivity contribution in [3.63, 3.8) is 0 Å². The number of nitrogens with one attached hydrogen (secondary N) is 1. The fraction of sp³-hybridized carbons (Fsp3) is 0.647. The molecule has 0 spiro atoms. The van der Waals surface area contributed by atoms with Crippen molar-refractivity contribution < 1.29 is 0 Å². The molecule has 0 aliphatic carbocycles. The second-order valence-corrected chi connectivity index (χ2v) is 8.86. The molecule has 1 unspecified atom stereocenters. The maximum atomic E-state index is 3.73. The van der Waals surface area contributed by atoms with Gasteiger partial charge in [0.2, 0.25) is 0 Å². The van der Waals surface area contributed by atoms with Gasteiger partial charge in [0.05, 0.1) is 0 Å². The zero-order chi connectivity index (χ0) is 15.0. The Morgan fingerprint density at radius 3 is 2.40 bits per heavy atom. The summed E-state index contributed by atoms with van der Waals surface area (Å²) in [4.78, 5) is 2.63. The molecule has 3 heteroatoms. The Morgan fingerprint density at radius 2 is 1.85 bits per heavy atom. The normalized spacial score (nSPS) is 23.8. The van der Waals surface area contributed by atoms with E-state index < -0.39 is 0 Å². The van der Waals surface area contributed by atoms with E-state index >= 15 is 0 Å². The standard InChI is InChI=1S/C17H27IN2/c1-16(2,3)15-11-20(17(4,5)12-19-15)10-13-6-8-14(18)9-7-13/h6-9,15,19H,10-12H2,1-5H3. The first-order valence-corrected chi connectivity index (χ1v) is 8.49. The van der Waals surface area contributed by atoms with Crippen molar-refractivity contribution in [2.75, 3.05) is 13.1 Å². The zero-order valence-electron chi connectivity index (χ0n) is 13.3. The summed E-state index contributed by atoms with van der Waals surface area (Å²) in [6, 6.07) is 9.47. The summed E-state index contributed by atoms with van der Waals surface area (Å²) in [5, 5.41) is 3.73. The Balaban J connectivity index is 2.12. The first kappa shape index (κ1) is 16.2. The van der Waals surface area contributed by atoms with E-state index in [9.17, 15) is 0 Å². The van der Waals surface area contributed by atoms with Crippen molar-refractivity contribution in [3.8, 4) is 0 Å². The number of hydrogen-bond acceptors (Lipinski definition) is 2. The summed E-state index contributed by atoms with van der Waals surface area (Å²) in [5.41, 5.74) is 1.93. The van der Waals surface area contributed by atoms with Crippen LogP contribution in [0.25, 0.3) is 0 Å². The highest BCUT2D eigenvalue weighted by molar-refractivity contribution is 14.1. The summed E-state index contributed by atoms with van der Waals surface area (Å²) in [5.74, 6) is 0. The number of halogens is 1. The van der Waals surface area contributed by atoms with E-state index in [1.54, 1.807) is 0 Å². The lowest BCUT2D eigenvalue weighted by Gasteiger charge is -2.49. The van der Waals surface area contributed by atoms with Crippen molar-refractivity contribution in [2.45, 2.75) is 52.7 Å². The van der Waals surface area contributed by atoms with Crippen molar-refractivity contribution in [1.82, 2.24) is 10.2 Å². The van der Waals surface area contributed by atoms with E-state index in [-0.39, 0.29) is 5.54 Å². The van der Waals surface area contributed by atoms with Crippen LogP contribution >= 0.6 is 22.6 Å². The zero-order valence-corrected chi connectivity index (χ0v) is 15.5. The van der Waals surface area contributed by atoms with Crippen LogP contribution in [-0.2, 0) is 6.54 Å². The highest BCUT2D eigenvalue weighted by Gasteiger charge is 2.38. The van der Waals surface area contributed by atoms with Gasteiger partial charge in [-0.1, -0.05) is 32.9 Å². The number of rotatable bonds is 2. The van der Waals surface area contributed by atoms with E-state index in [2.05, 4.69) is 91.7 Å². The molecule has 1 aliphatic rings. The molecule has 20 heavy (non-hydrogen) atoms. The molecule has 2 nitrogen and oxygen atoms in total. The maximum absolute atomic E-state index is 3.73. The van der Waals surface area contributed by atoms with Crippen LogP contribution in [0.5, 0.6) is 0 Å². The van der Waals surface area contributed by atoms with Gasteiger partial charge in [-0.05, 0) is 59.5 Å². The molecule has 1 heterocycles. The number of hydrogen-bond donors (Lipinski definition) is 1. The van der Waals surface area contributed by atoms with E-state index in [1.165, 1.54) is 9.13 Å². The Labute approximate surface area is 137 Å². The van der Waals surface area contributed by atoms with Crippen LogP contribution in [-0.4, -0.2) is 29.6 Å². The van der Waals surface area contributed by atoms with Crippen molar-refractivity contribution >= 4 is 22.6 Å². The Kier molecular flexibility index (Phi) is 4.82. The predicted molar refractivity (Wildman–Crippen MR) is 94.9 cm³/mol. The van der Waals surface area contributed by atoms with E-state index in [0.717, 1.165) is 19.6 Å². The average molecular weight is 386 g/mol. The molecule has 1 aliphatic heterocycles. The Hall–Kier alpha value is -0.130. The van der Waals surface area contributed by atoms with Gasteiger partial charge >= 0.3 is 0 Å². The van der Waals surface area contributed by atoms with Crippen molar-refractivity contribution in [2.24, 2.45) is 5.41 Å². The molecule has 1 atom stereocenters. The van der Waals surface area contributed by atoms with Gasteiger partial charge in [-0.2, -0.15) is 0 Å². The molecule has 1 aromatic rings. The average Bonchev–Trinajstić information content (AvgIpc) is 2.33. The first-order chi connectivity index (χ1) is 9.18. The van der Waals surface area contributed by atoms with Gasteiger partial charge in [0.25, 0.3) is 0 Å². The minimum Gasteiger partial charge on any atom is -0.310 e. The van der Waals surface area contributed by atoms with Gasteiger partial charge < -0.3 is 5.32 Å². The summed E-state index contributed by atoms with van der Waals surface area (Å²) in [6.45, 7) is 14.9. The number of nitrogens with zero attached hydrogens (tertiary/aromatic N) is 1. The molecule has 2 rings (SSSR count). The molecule has 1 saturated heterocycles. The Bertz CT molecular complexity index is 445. The molecule has 0 amide bonds. The summed E-state index contributed by atoms with van der Waals surface area (Å²) in [7, 11) is 0. The number of piperazine rings is 1. The third-order valence-electron chi connectivity index (χ3n) is 4.37. The topological polar surface area (TPSA) is 15.3 Å². The van der Waals surface area contributed by atoms with Gasteiger partial charge in [0.15, 0.2) is 0 Å². The van der Waals surface area contributed by atoms with E-state index in [0.29, 0.717) is 11.5 Å². The predicted octanol–water partition coefficient (Wildman–Crippen LogP) is 3.89. The van der Waals surface area contributed by atoms with Crippen LogP contribution in [0.3, 0.4) is 0 Å².